The zero-order valence-electron chi connectivity index (χ0n) is 20.4. The van der Waals surface area contributed by atoms with Gasteiger partial charge in [0.2, 0.25) is 0 Å². The van der Waals surface area contributed by atoms with Gasteiger partial charge in [0, 0.05) is 34.6 Å². The van der Waals surface area contributed by atoms with Crippen LogP contribution < -0.4 is 14.4 Å². The van der Waals surface area contributed by atoms with Crippen molar-refractivity contribution >= 4 is 38.1 Å². The van der Waals surface area contributed by atoms with E-state index in [0.29, 0.717) is 33.5 Å². The summed E-state index contributed by atoms with van der Waals surface area (Å²) >= 11 is 0. The van der Waals surface area contributed by atoms with E-state index in [2.05, 4.69) is 4.72 Å². The molecule has 0 heterocycles. The smallest absolute Gasteiger partial charge is 0.305 e. The number of benzene rings is 4. The molecule has 192 valence electrons. The van der Waals surface area contributed by atoms with Crippen LogP contribution in [0.3, 0.4) is 0 Å². The first kappa shape index (κ1) is 26.0. The highest BCUT2D eigenvalue weighted by atomic mass is 32.2. The monoisotopic (exact) mass is 522 g/mol. The fraction of sp³-hybridized carbons (Fsp3) is 0.179. The summed E-state index contributed by atoms with van der Waals surface area (Å²) in [5.74, 6) is -0.818. The van der Waals surface area contributed by atoms with Crippen LogP contribution in [-0.4, -0.2) is 32.6 Å². The molecule has 0 aliphatic heterocycles. The lowest BCUT2D eigenvalue weighted by Crippen LogP contribution is -2.34. The number of anilines is 2. The van der Waals surface area contributed by atoms with E-state index >= 15 is 0 Å². The van der Waals surface area contributed by atoms with Gasteiger partial charge in [0.15, 0.2) is 0 Å². The number of fused-ring (bicyclic) bond motifs is 1. The van der Waals surface area contributed by atoms with Gasteiger partial charge in [-0.15, -0.1) is 0 Å². The molecule has 4 aromatic rings. The van der Waals surface area contributed by atoms with Crippen LogP contribution in [0.1, 0.15) is 18.9 Å². The third-order valence-corrected chi connectivity index (χ3v) is 7.51. The predicted octanol–water partition coefficient (Wildman–Crippen LogP) is 5.66. The number of carboxylic acids is 1. The number of sulfonamides is 1. The summed E-state index contributed by atoms with van der Waals surface area (Å²) in [6.45, 7) is 1.91. The molecule has 0 bridgehead atoms. The van der Waals surface area contributed by atoms with Crippen LogP contribution in [0.5, 0.6) is 5.75 Å². The first-order valence-electron chi connectivity index (χ1n) is 11.6. The molecule has 0 amide bonds. The molecule has 0 saturated heterocycles. The minimum Gasteiger partial charge on any atom is -0.497 e. The van der Waals surface area contributed by atoms with E-state index in [1.807, 2.05) is 17.0 Å². The molecule has 1 atom stereocenters. The maximum absolute atomic E-state index is 14.5. The Morgan fingerprint density at radius 2 is 1.62 bits per heavy atom. The minimum absolute atomic E-state index is 0.0812. The number of hydrogen-bond acceptors (Lipinski definition) is 5. The van der Waals surface area contributed by atoms with E-state index in [1.54, 1.807) is 61.5 Å². The minimum atomic E-state index is -3.90. The van der Waals surface area contributed by atoms with Crippen molar-refractivity contribution < 1.29 is 27.4 Å². The largest absolute Gasteiger partial charge is 0.497 e. The lowest BCUT2D eigenvalue weighted by molar-refractivity contribution is -0.137. The van der Waals surface area contributed by atoms with Gasteiger partial charge >= 0.3 is 5.97 Å². The Morgan fingerprint density at radius 3 is 2.27 bits per heavy atom. The Kier molecular flexibility index (Phi) is 7.63. The van der Waals surface area contributed by atoms with Gasteiger partial charge < -0.3 is 14.7 Å². The number of rotatable bonds is 10. The Labute approximate surface area is 215 Å². The fourth-order valence-corrected chi connectivity index (χ4v) is 5.31. The zero-order chi connectivity index (χ0) is 26.6. The summed E-state index contributed by atoms with van der Waals surface area (Å²) in [6.07, 6.45) is -0.158. The quantitative estimate of drug-likeness (QED) is 0.279. The van der Waals surface area contributed by atoms with Crippen LogP contribution >= 0.6 is 0 Å². The molecule has 2 N–H and O–H groups in total. The molecule has 0 radical (unpaired) electrons. The molecule has 4 rings (SSSR count). The molecule has 0 aliphatic rings. The Hall–Kier alpha value is -4.11. The van der Waals surface area contributed by atoms with Crippen molar-refractivity contribution in [1.29, 1.82) is 0 Å². The SMILES string of the molecule is COc1ccc(S(=O)(=O)Nc2ccc(N(Cc3ccccc3F)[C@@H](C)CC(=O)O)c3ccccc23)cc1. The average Bonchev–Trinajstić information content (AvgIpc) is 2.88. The van der Waals surface area contributed by atoms with Gasteiger partial charge in [-0.05, 0) is 49.4 Å². The van der Waals surface area contributed by atoms with Gasteiger partial charge in [-0.25, -0.2) is 12.8 Å². The van der Waals surface area contributed by atoms with E-state index < -0.39 is 22.0 Å². The van der Waals surface area contributed by atoms with Crippen LogP contribution in [-0.2, 0) is 21.4 Å². The Bertz CT molecular complexity index is 1520. The number of halogens is 1. The molecule has 4 aromatic carbocycles. The lowest BCUT2D eigenvalue weighted by Gasteiger charge is -2.32. The van der Waals surface area contributed by atoms with Crippen molar-refractivity contribution in [2.45, 2.75) is 30.8 Å². The second-order valence-corrected chi connectivity index (χ2v) is 10.3. The molecule has 0 unspecified atom stereocenters. The molecule has 7 nitrogen and oxygen atoms in total. The second kappa shape index (κ2) is 10.9. The van der Waals surface area contributed by atoms with Crippen molar-refractivity contribution in [3.05, 3.63) is 96.3 Å². The molecule has 37 heavy (non-hydrogen) atoms. The summed E-state index contributed by atoms with van der Waals surface area (Å²) < 4.78 is 48.5. The number of ether oxygens (including phenoxy) is 1. The van der Waals surface area contributed by atoms with Crippen molar-refractivity contribution in [2.24, 2.45) is 0 Å². The highest BCUT2D eigenvalue weighted by Crippen LogP contribution is 2.36. The summed E-state index contributed by atoms with van der Waals surface area (Å²) in [6, 6.07) is 22.5. The van der Waals surface area contributed by atoms with Crippen molar-refractivity contribution in [3.63, 3.8) is 0 Å². The lowest BCUT2D eigenvalue weighted by atomic mass is 10.0. The topological polar surface area (TPSA) is 95.9 Å². The molecular weight excluding hydrogens is 495 g/mol. The summed E-state index contributed by atoms with van der Waals surface area (Å²) in [5.41, 5.74) is 1.46. The first-order chi connectivity index (χ1) is 17.7. The molecule has 0 spiro atoms. The van der Waals surface area contributed by atoms with Crippen LogP contribution in [0.15, 0.2) is 89.8 Å². The third-order valence-electron chi connectivity index (χ3n) is 6.13. The number of methoxy groups -OCH3 is 1. The molecule has 0 aromatic heterocycles. The van der Waals surface area contributed by atoms with Gasteiger partial charge in [-0.3, -0.25) is 9.52 Å². The van der Waals surface area contributed by atoms with Gasteiger partial charge in [0.1, 0.15) is 11.6 Å². The van der Waals surface area contributed by atoms with E-state index in [1.165, 1.54) is 25.3 Å². The third kappa shape index (κ3) is 5.83. The average molecular weight is 523 g/mol. The van der Waals surface area contributed by atoms with E-state index in [4.69, 9.17) is 4.74 Å². The van der Waals surface area contributed by atoms with Gasteiger partial charge in [0.05, 0.1) is 24.1 Å². The molecule has 0 fully saturated rings. The summed E-state index contributed by atoms with van der Waals surface area (Å²) in [4.78, 5) is 13.4. The van der Waals surface area contributed by atoms with Gasteiger partial charge in [-0.2, -0.15) is 0 Å². The summed E-state index contributed by atoms with van der Waals surface area (Å²) in [7, 11) is -2.39. The molecule has 9 heteroatoms. The van der Waals surface area contributed by atoms with Gasteiger partial charge in [-0.1, -0.05) is 42.5 Å². The van der Waals surface area contributed by atoms with Crippen LogP contribution in [0, 0.1) is 5.82 Å². The highest BCUT2D eigenvalue weighted by Gasteiger charge is 2.23. The maximum Gasteiger partial charge on any atom is 0.305 e. The van der Waals surface area contributed by atoms with Gasteiger partial charge in [0.25, 0.3) is 10.0 Å². The zero-order valence-corrected chi connectivity index (χ0v) is 21.2. The van der Waals surface area contributed by atoms with Crippen LogP contribution in [0.4, 0.5) is 15.8 Å². The van der Waals surface area contributed by atoms with E-state index in [-0.39, 0.29) is 23.7 Å². The summed E-state index contributed by atoms with van der Waals surface area (Å²) in [5, 5.41) is 10.8. The maximum atomic E-state index is 14.5. The number of nitrogens with one attached hydrogen (secondary N) is 1. The second-order valence-electron chi connectivity index (χ2n) is 8.63. The number of nitrogens with zero attached hydrogens (tertiary/aromatic N) is 1. The number of aliphatic carboxylic acids is 1. The van der Waals surface area contributed by atoms with Crippen LogP contribution in [0.2, 0.25) is 0 Å². The molecular formula is C28H27FN2O5S. The molecule has 0 aliphatic carbocycles. The van der Waals surface area contributed by atoms with Crippen molar-refractivity contribution in [2.75, 3.05) is 16.7 Å². The van der Waals surface area contributed by atoms with Crippen LogP contribution in [0.25, 0.3) is 10.8 Å². The van der Waals surface area contributed by atoms with E-state index in [0.717, 1.165) is 0 Å². The van der Waals surface area contributed by atoms with E-state index in [9.17, 15) is 22.7 Å². The standard InChI is InChI=1S/C28H27FN2O5S/c1-19(17-28(32)33)31(18-20-7-3-6-10-25(20)29)27-16-15-26(23-8-4-5-9-24(23)27)30-37(34,35)22-13-11-21(36-2)12-14-22/h3-16,19,30H,17-18H2,1-2H3,(H,32,33)/t19-/m0/s1. The van der Waals surface area contributed by atoms with Crippen molar-refractivity contribution in [3.8, 4) is 5.75 Å². The highest BCUT2D eigenvalue weighted by molar-refractivity contribution is 7.92. The Morgan fingerprint density at radius 1 is 0.973 bits per heavy atom. The predicted molar refractivity (Wildman–Crippen MR) is 142 cm³/mol. The first-order valence-corrected chi connectivity index (χ1v) is 13.1. The fourth-order valence-electron chi connectivity index (χ4n) is 4.23. The van der Waals surface area contributed by atoms with Crippen molar-refractivity contribution in [1.82, 2.24) is 0 Å². The molecule has 0 saturated carbocycles. The number of hydrogen-bond donors (Lipinski definition) is 2. The number of carbonyl (C=O) groups is 1. The Balaban J connectivity index is 1.77. The number of carboxylic acid groups (broad SMARTS) is 1. The normalized spacial score (nSPS) is 12.2.